The van der Waals surface area contributed by atoms with Crippen molar-refractivity contribution in [1.29, 1.82) is 0 Å². The van der Waals surface area contributed by atoms with Crippen LogP contribution in [0.25, 0.3) is 6.08 Å². The Morgan fingerprint density at radius 2 is 2.00 bits per heavy atom. The Kier molecular flexibility index (Phi) is 7.16. The van der Waals surface area contributed by atoms with E-state index in [1.54, 1.807) is 12.1 Å². The summed E-state index contributed by atoms with van der Waals surface area (Å²) in [5, 5.41) is 9.55. The molecule has 0 amide bonds. The fourth-order valence-corrected chi connectivity index (χ4v) is 1.85. The van der Waals surface area contributed by atoms with E-state index >= 15 is 0 Å². The van der Waals surface area contributed by atoms with Crippen molar-refractivity contribution < 1.29 is 24.2 Å². The van der Waals surface area contributed by atoms with Gasteiger partial charge in [0.25, 0.3) is 0 Å². The molecule has 1 rings (SSSR count). The van der Waals surface area contributed by atoms with Crippen molar-refractivity contribution in [3.63, 3.8) is 0 Å². The summed E-state index contributed by atoms with van der Waals surface area (Å²) in [4.78, 5) is 23.6. The number of unbranched alkanes of at least 4 members (excludes halogenated alkanes) is 2. The van der Waals surface area contributed by atoms with E-state index < -0.39 is 5.97 Å². The molecule has 0 aliphatic heterocycles. The van der Waals surface area contributed by atoms with Gasteiger partial charge in [0.05, 0.1) is 13.7 Å². The number of carbonyl (C=O) groups is 2. The normalized spacial score (nSPS) is 11.1. The molecule has 5 nitrogen and oxygen atoms in total. The Bertz CT molecular complexity index is 560. The molecule has 0 aliphatic rings. The summed E-state index contributed by atoms with van der Waals surface area (Å²) in [7, 11) is 1.43. The standard InChI is InChI=1S/C17H22O5/c1-4-5-6-9-22-17(20)14(12(2)18)10-13-7-8-15(19)16(11-13)21-3/h7-8,10-11,19H,4-6,9H2,1-3H3. The molecular weight excluding hydrogens is 284 g/mol. The fraction of sp³-hybridized carbons (Fsp3) is 0.412. The minimum Gasteiger partial charge on any atom is -0.504 e. The number of hydrogen-bond acceptors (Lipinski definition) is 5. The first-order valence-corrected chi connectivity index (χ1v) is 7.26. The van der Waals surface area contributed by atoms with Gasteiger partial charge >= 0.3 is 5.97 Å². The topological polar surface area (TPSA) is 72.8 Å². The molecular formula is C17H22O5. The van der Waals surface area contributed by atoms with Crippen molar-refractivity contribution in [2.75, 3.05) is 13.7 Å². The molecule has 0 bridgehead atoms. The van der Waals surface area contributed by atoms with Gasteiger partial charge in [-0.05, 0) is 37.1 Å². The first-order chi connectivity index (χ1) is 10.5. The van der Waals surface area contributed by atoms with Crippen molar-refractivity contribution in [3.05, 3.63) is 29.3 Å². The van der Waals surface area contributed by atoms with Gasteiger partial charge in [-0.2, -0.15) is 0 Å². The van der Waals surface area contributed by atoms with Gasteiger partial charge in [0, 0.05) is 0 Å². The molecule has 22 heavy (non-hydrogen) atoms. The lowest BCUT2D eigenvalue weighted by Crippen LogP contribution is -2.14. The highest BCUT2D eigenvalue weighted by molar-refractivity contribution is 6.19. The van der Waals surface area contributed by atoms with E-state index in [-0.39, 0.29) is 22.9 Å². The van der Waals surface area contributed by atoms with E-state index in [9.17, 15) is 14.7 Å². The molecule has 5 heteroatoms. The highest BCUT2D eigenvalue weighted by atomic mass is 16.5. The Labute approximate surface area is 130 Å². The van der Waals surface area contributed by atoms with E-state index in [2.05, 4.69) is 6.92 Å². The SMILES string of the molecule is CCCCCOC(=O)C(=Cc1ccc(O)c(OC)c1)C(C)=O. The average molecular weight is 306 g/mol. The molecule has 1 N–H and O–H groups in total. The number of methoxy groups -OCH3 is 1. The number of ether oxygens (including phenoxy) is 2. The molecule has 0 saturated carbocycles. The molecule has 120 valence electrons. The van der Waals surface area contributed by atoms with Gasteiger partial charge in [0.2, 0.25) is 0 Å². The fourth-order valence-electron chi connectivity index (χ4n) is 1.85. The third kappa shape index (κ3) is 5.24. The molecule has 0 spiro atoms. The zero-order valence-electron chi connectivity index (χ0n) is 13.2. The third-order valence-electron chi connectivity index (χ3n) is 3.10. The number of rotatable bonds is 8. The highest BCUT2D eigenvalue weighted by Crippen LogP contribution is 2.27. The van der Waals surface area contributed by atoms with Gasteiger partial charge in [-0.1, -0.05) is 25.8 Å². The monoisotopic (exact) mass is 306 g/mol. The predicted octanol–water partition coefficient (Wildman–Crippen LogP) is 3.11. The smallest absolute Gasteiger partial charge is 0.341 e. The van der Waals surface area contributed by atoms with E-state index in [0.717, 1.165) is 19.3 Å². The van der Waals surface area contributed by atoms with Gasteiger partial charge in [0.15, 0.2) is 17.3 Å². The number of phenolic OH excluding ortho intramolecular Hbond substituents is 1. The molecule has 1 aromatic rings. The summed E-state index contributed by atoms with van der Waals surface area (Å²) in [6.45, 7) is 3.67. The lowest BCUT2D eigenvalue weighted by molar-refractivity contribution is -0.140. The molecule has 1 aromatic carbocycles. The summed E-state index contributed by atoms with van der Waals surface area (Å²) in [6, 6.07) is 4.57. The van der Waals surface area contributed by atoms with E-state index in [0.29, 0.717) is 12.2 Å². The zero-order chi connectivity index (χ0) is 16.5. The van der Waals surface area contributed by atoms with Crippen LogP contribution in [0.2, 0.25) is 0 Å². The molecule has 0 radical (unpaired) electrons. The van der Waals surface area contributed by atoms with Crippen LogP contribution in [0, 0.1) is 0 Å². The lowest BCUT2D eigenvalue weighted by Gasteiger charge is -2.07. The zero-order valence-corrected chi connectivity index (χ0v) is 13.2. The second kappa shape index (κ2) is 8.87. The highest BCUT2D eigenvalue weighted by Gasteiger charge is 2.16. The van der Waals surface area contributed by atoms with Crippen LogP contribution in [0.1, 0.15) is 38.7 Å². The van der Waals surface area contributed by atoms with Crippen molar-refractivity contribution in [3.8, 4) is 11.5 Å². The Morgan fingerprint density at radius 1 is 1.27 bits per heavy atom. The molecule has 0 saturated heterocycles. The second-order valence-corrected chi connectivity index (χ2v) is 4.89. The van der Waals surface area contributed by atoms with E-state index in [1.165, 1.54) is 26.2 Å². The summed E-state index contributed by atoms with van der Waals surface area (Å²) < 4.78 is 10.1. The maximum Gasteiger partial charge on any atom is 0.341 e. The largest absolute Gasteiger partial charge is 0.504 e. The van der Waals surface area contributed by atoms with Crippen LogP contribution in [0.15, 0.2) is 23.8 Å². The maximum atomic E-state index is 12.0. The van der Waals surface area contributed by atoms with Crippen LogP contribution in [-0.2, 0) is 14.3 Å². The summed E-state index contributed by atoms with van der Waals surface area (Å²) in [5.74, 6) is -0.734. The molecule has 0 heterocycles. The molecule has 0 atom stereocenters. The van der Waals surface area contributed by atoms with Gasteiger partial charge in [-0.15, -0.1) is 0 Å². The van der Waals surface area contributed by atoms with Crippen molar-refractivity contribution in [2.24, 2.45) is 0 Å². The number of ketones is 1. The predicted molar refractivity (Wildman–Crippen MR) is 83.8 cm³/mol. The van der Waals surface area contributed by atoms with Crippen LogP contribution in [0.5, 0.6) is 11.5 Å². The first kappa shape index (κ1) is 17.8. The van der Waals surface area contributed by atoms with Gasteiger partial charge in [-0.25, -0.2) is 4.79 Å². The van der Waals surface area contributed by atoms with Gasteiger partial charge < -0.3 is 14.6 Å². The summed E-state index contributed by atoms with van der Waals surface area (Å²) in [5.41, 5.74) is 0.551. The van der Waals surface area contributed by atoms with Gasteiger partial charge in [0.1, 0.15) is 5.57 Å². The Morgan fingerprint density at radius 3 is 2.59 bits per heavy atom. The Hall–Kier alpha value is -2.30. The van der Waals surface area contributed by atoms with E-state index in [4.69, 9.17) is 9.47 Å². The van der Waals surface area contributed by atoms with Crippen LogP contribution in [0.3, 0.4) is 0 Å². The molecule has 0 unspecified atom stereocenters. The maximum absolute atomic E-state index is 12.0. The number of phenols is 1. The quantitative estimate of drug-likeness (QED) is 0.263. The number of hydrogen-bond donors (Lipinski definition) is 1. The average Bonchev–Trinajstić information content (AvgIpc) is 2.50. The van der Waals surface area contributed by atoms with E-state index in [1.807, 2.05) is 0 Å². The number of carbonyl (C=O) groups excluding carboxylic acids is 2. The number of esters is 1. The van der Waals surface area contributed by atoms with Crippen LogP contribution < -0.4 is 4.74 Å². The third-order valence-corrected chi connectivity index (χ3v) is 3.10. The molecule has 0 fully saturated rings. The number of Topliss-reactive ketones (excluding diaryl/α,β-unsaturated/α-hetero) is 1. The van der Waals surface area contributed by atoms with Crippen molar-refractivity contribution in [2.45, 2.75) is 33.1 Å². The van der Waals surface area contributed by atoms with Crippen LogP contribution in [-0.4, -0.2) is 30.6 Å². The van der Waals surface area contributed by atoms with Crippen molar-refractivity contribution >= 4 is 17.8 Å². The first-order valence-electron chi connectivity index (χ1n) is 7.26. The minimum atomic E-state index is -0.629. The second-order valence-electron chi connectivity index (χ2n) is 4.89. The summed E-state index contributed by atoms with van der Waals surface area (Å²) in [6.07, 6.45) is 4.22. The lowest BCUT2D eigenvalue weighted by atomic mass is 10.1. The Balaban J connectivity index is 2.90. The number of aromatic hydroxyl groups is 1. The minimum absolute atomic E-state index is 0.00818. The van der Waals surface area contributed by atoms with Crippen LogP contribution in [0.4, 0.5) is 0 Å². The van der Waals surface area contributed by atoms with Crippen molar-refractivity contribution in [1.82, 2.24) is 0 Å². The molecule has 0 aliphatic carbocycles. The van der Waals surface area contributed by atoms with Crippen LogP contribution >= 0.6 is 0 Å². The number of benzene rings is 1. The van der Waals surface area contributed by atoms with Gasteiger partial charge in [-0.3, -0.25) is 4.79 Å². The summed E-state index contributed by atoms with van der Waals surface area (Å²) >= 11 is 0. The molecule has 0 aromatic heterocycles.